The summed E-state index contributed by atoms with van der Waals surface area (Å²) in [7, 11) is 0. The molecule has 3 rings (SSSR count). The molecule has 1 heteroatoms. The first kappa shape index (κ1) is 13.4. The lowest BCUT2D eigenvalue weighted by molar-refractivity contribution is 1.59. The summed E-state index contributed by atoms with van der Waals surface area (Å²) in [6, 6.07) is 29.6. The van der Waals surface area contributed by atoms with E-state index in [1.165, 1.54) is 22.3 Å². The number of rotatable bonds is 2. The van der Waals surface area contributed by atoms with E-state index in [1.807, 2.05) is 12.1 Å². The van der Waals surface area contributed by atoms with Gasteiger partial charge in [-0.15, -0.1) is 0 Å². The highest BCUT2D eigenvalue weighted by molar-refractivity contribution is 7.59. The predicted molar refractivity (Wildman–Crippen MR) is 87.7 cm³/mol. The zero-order valence-electron chi connectivity index (χ0n) is 10.6. The molecule has 0 nitrogen and oxygen atoms in total. The first-order chi connectivity index (χ1) is 8.93. The molecule has 0 fully saturated rings. The Hall–Kier alpha value is -1.99. The second-order valence-corrected chi connectivity index (χ2v) is 4.31. The normalized spacial score (nSPS) is 9.68. The van der Waals surface area contributed by atoms with Crippen molar-refractivity contribution in [2.45, 2.75) is 0 Å². The summed E-state index contributed by atoms with van der Waals surface area (Å²) in [5.41, 5.74) is 5.04. The molecule has 0 aliphatic heterocycles. The highest BCUT2D eigenvalue weighted by Crippen LogP contribution is 2.24. The lowest BCUT2D eigenvalue weighted by atomic mass is 10.0. The lowest BCUT2D eigenvalue weighted by Crippen LogP contribution is -1.79. The van der Waals surface area contributed by atoms with Crippen molar-refractivity contribution in [1.82, 2.24) is 0 Å². The molecule has 0 radical (unpaired) electrons. The van der Waals surface area contributed by atoms with Crippen LogP contribution in [0.25, 0.3) is 22.3 Å². The summed E-state index contributed by atoms with van der Waals surface area (Å²) in [4.78, 5) is 0. The van der Waals surface area contributed by atoms with E-state index < -0.39 is 0 Å². The van der Waals surface area contributed by atoms with Gasteiger partial charge in [-0.3, -0.25) is 0 Å². The minimum Gasteiger partial charge on any atom is -0.197 e. The van der Waals surface area contributed by atoms with E-state index in [-0.39, 0.29) is 13.5 Å². The van der Waals surface area contributed by atoms with Crippen molar-refractivity contribution in [2.75, 3.05) is 0 Å². The van der Waals surface area contributed by atoms with Gasteiger partial charge in [0.05, 0.1) is 0 Å². The Kier molecular flexibility index (Phi) is 4.43. The van der Waals surface area contributed by atoms with Gasteiger partial charge in [0.25, 0.3) is 0 Å². The van der Waals surface area contributed by atoms with Crippen LogP contribution in [0.5, 0.6) is 0 Å². The van der Waals surface area contributed by atoms with Gasteiger partial charge in [0.2, 0.25) is 0 Å². The molecule has 0 aromatic heterocycles. The minimum absolute atomic E-state index is 0. The van der Waals surface area contributed by atoms with Crippen molar-refractivity contribution in [3.63, 3.8) is 0 Å². The molecule has 0 heterocycles. The first-order valence-electron chi connectivity index (χ1n) is 6.14. The maximum absolute atomic E-state index is 2.18. The van der Waals surface area contributed by atoms with Crippen molar-refractivity contribution in [3.8, 4) is 22.3 Å². The average Bonchev–Trinajstić information content (AvgIpc) is 2.49. The molecular weight excluding hydrogens is 248 g/mol. The van der Waals surface area contributed by atoms with Crippen LogP contribution in [0.2, 0.25) is 0 Å². The third-order valence-corrected chi connectivity index (χ3v) is 3.10. The Labute approximate surface area is 121 Å². The summed E-state index contributed by atoms with van der Waals surface area (Å²) in [5.74, 6) is 0. The van der Waals surface area contributed by atoms with Gasteiger partial charge in [0, 0.05) is 0 Å². The van der Waals surface area contributed by atoms with Gasteiger partial charge in [-0.2, -0.15) is 13.5 Å². The van der Waals surface area contributed by atoms with Gasteiger partial charge in [-0.25, -0.2) is 0 Å². The molecule has 19 heavy (non-hydrogen) atoms. The summed E-state index contributed by atoms with van der Waals surface area (Å²) in [6.07, 6.45) is 0. The maximum Gasteiger partial charge on any atom is -0.0184 e. The molecule has 0 saturated carbocycles. The Morgan fingerprint density at radius 1 is 0.316 bits per heavy atom. The second kappa shape index (κ2) is 6.26. The molecule has 94 valence electrons. The number of benzene rings is 3. The summed E-state index contributed by atoms with van der Waals surface area (Å²) >= 11 is 0. The molecular formula is C18H16S. The van der Waals surface area contributed by atoms with Crippen LogP contribution in [0.3, 0.4) is 0 Å². The Morgan fingerprint density at radius 3 is 0.895 bits per heavy atom. The summed E-state index contributed by atoms with van der Waals surface area (Å²) in [5, 5.41) is 0. The zero-order chi connectivity index (χ0) is 12.2. The molecule has 0 saturated heterocycles. The molecule has 0 amide bonds. The van der Waals surface area contributed by atoms with Gasteiger partial charge >= 0.3 is 0 Å². The molecule has 0 spiro atoms. The topological polar surface area (TPSA) is 0 Å². The third-order valence-electron chi connectivity index (χ3n) is 3.10. The smallest absolute Gasteiger partial charge is 0.0184 e. The first-order valence-corrected chi connectivity index (χ1v) is 6.14. The molecule has 0 bridgehead atoms. The lowest BCUT2D eigenvalue weighted by Gasteiger charge is -2.04. The molecule has 0 aliphatic carbocycles. The van der Waals surface area contributed by atoms with Crippen LogP contribution in [0, 0.1) is 0 Å². The van der Waals surface area contributed by atoms with Crippen molar-refractivity contribution in [1.29, 1.82) is 0 Å². The van der Waals surface area contributed by atoms with Crippen molar-refractivity contribution >= 4 is 13.5 Å². The fourth-order valence-electron chi connectivity index (χ4n) is 2.12. The molecule has 3 aromatic carbocycles. The molecule has 0 atom stereocenters. The van der Waals surface area contributed by atoms with Crippen LogP contribution in [0.4, 0.5) is 0 Å². The largest absolute Gasteiger partial charge is 0.197 e. The van der Waals surface area contributed by atoms with E-state index in [0.29, 0.717) is 0 Å². The Balaban J connectivity index is 0.00000133. The van der Waals surface area contributed by atoms with E-state index in [1.54, 1.807) is 0 Å². The van der Waals surface area contributed by atoms with E-state index in [9.17, 15) is 0 Å². The van der Waals surface area contributed by atoms with Crippen LogP contribution in [-0.2, 0) is 0 Å². The van der Waals surface area contributed by atoms with Gasteiger partial charge in [-0.05, 0) is 22.3 Å². The highest BCUT2D eigenvalue weighted by Gasteiger charge is 1.98. The van der Waals surface area contributed by atoms with Crippen LogP contribution >= 0.6 is 13.5 Å². The van der Waals surface area contributed by atoms with Crippen molar-refractivity contribution in [3.05, 3.63) is 84.9 Å². The third kappa shape index (κ3) is 3.07. The standard InChI is InChI=1S/C18H14.H2S/c1-3-7-15(8-4-1)17-11-13-18(14-12-17)16-9-5-2-6-10-16;/h1-14H;1H2. The zero-order valence-corrected chi connectivity index (χ0v) is 11.6. The van der Waals surface area contributed by atoms with E-state index in [0.717, 1.165) is 0 Å². The maximum atomic E-state index is 2.18. The Morgan fingerprint density at radius 2 is 0.579 bits per heavy atom. The van der Waals surface area contributed by atoms with E-state index >= 15 is 0 Å². The molecule has 0 aliphatic rings. The van der Waals surface area contributed by atoms with Crippen LogP contribution in [0.1, 0.15) is 0 Å². The Bertz CT molecular complexity index is 554. The van der Waals surface area contributed by atoms with Crippen LogP contribution < -0.4 is 0 Å². The average molecular weight is 264 g/mol. The monoisotopic (exact) mass is 264 g/mol. The predicted octanol–water partition coefficient (Wildman–Crippen LogP) is 5.13. The number of hydrogen-bond acceptors (Lipinski definition) is 0. The van der Waals surface area contributed by atoms with Gasteiger partial charge in [-0.1, -0.05) is 84.9 Å². The quantitative estimate of drug-likeness (QED) is 0.601. The fraction of sp³-hybridized carbons (Fsp3) is 0. The molecule has 0 N–H and O–H groups in total. The minimum atomic E-state index is 0. The SMILES string of the molecule is S.c1ccc(-c2ccc(-c3ccccc3)cc2)cc1. The second-order valence-electron chi connectivity index (χ2n) is 4.31. The highest BCUT2D eigenvalue weighted by atomic mass is 32.1. The summed E-state index contributed by atoms with van der Waals surface area (Å²) in [6.45, 7) is 0. The van der Waals surface area contributed by atoms with Crippen LogP contribution in [0.15, 0.2) is 84.9 Å². The molecule has 3 aromatic rings. The molecule has 0 unspecified atom stereocenters. The fourth-order valence-corrected chi connectivity index (χ4v) is 2.12. The van der Waals surface area contributed by atoms with Gasteiger partial charge in [0.15, 0.2) is 0 Å². The van der Waals surface area contributed by atoms with E-state index in [4.69, 9.17) is 0 Å². The summed E-state index contributed by atoms with van der Waals surface area (Å²) < 4.78 is 0. The van der Waals surface area contributed by atoms with Crippen LogP contribution in [-0.4, -0.2) is 0 Å². The van der Waals surface area contributed by atoms with Gasteiger partial charge < -0.3 is 0 Å². The van der Waals surface area contributed by atoms with Crippen molar-refractivity contribution in [2.24, 2.45) is 0 Å². The van der Waals surface area contributed by atoms with E-state index in [2.05, 4.69) is 72.8 Å². The number of hydrogen-bond donors (Lipinski definition) is 0. The van der Waals surface area contributed by atoms with Crippen molar-refractivity contribution < 1.29 is 0 Å². The van der Waals surface area contributed by atoms with Gasteiger partial charge in [0.1, 0.15) is 0 Å².